The summed E-state index contributed by atoms with van der Waals surface area (Å²) in [4.78, 5) is 24.6. The summed E-state index contributed by atoms with van der Waals surface area (Å²) >= 11 is 19.5. The molecule has 1 amide bonds. The number of nitrogens with zero attached hydrogens (tertiary/aromatic N) is 1. The first-order valence-corrected chi connectivity index (χ1v) is 15.2. The van der Waals surface area contributed by atoms with Gasteiger partial charge in [-0.15, -0.1) is 0 Å². The minimum atomic E-state index is -0.695. The predicted octanol–water partition coefficient (Wildman–Crippen LogP) is 9.29. The number of methoxy groups -OCH3 is 1. The third-order valence-corrected chi connectivity index (χ3v) is 7.57. The van der Waals surface area contributed by atoms with Gasteiger partial charge in [0.15, 0.2) is 0 Å². The summed E-state index contributed by atoms with van der Waals surface area (Å²) in [5.41, 5.74) is 2.75. The van der Waals surface area contributed by atoms with Gasteiger partial charge in [-0.3, -0.25) is 5.32 Å². The Morgan fingerprint density at radius 1 is 1.00 bits per heavy atom. The lowest BCUT2D eigenvalue weighted by molar-refractivity contribution is 0.0596. The zero-order valence-electron chi connectivity index (χ0n) is 24.9. The van der Waals surface area contributed by atoms with Crippen molar-refractivity contribution in [2.24, 2.45) is 0 Å². The van der Waals surface area contributed by atoms with E-state index in [1.54, 1.807) is 69.3 Å². The van der Waals surface area contributed by atoms with Gasteiger partial charge in [0.05, 0.1) is 33.3 Å². The Kier molecular flexibility index (Phi) is 9.64. The number of ether oxygens (including phenoxy) is 3. The first-order valence-electron chi connectivity index (χ1n) is 14.0. The number of amides is 1. The number of carbonyl (C=O) groups is 2. The maximum atomic E-state index is 12.3. The zero-order valence-corrected chi connectivity index (χ0v) is 27.2. The summed E-state index contributed by atoms with van der Waals surface area (Å²) in [6.45, 7) is 5.43. The van der Waals surface area contributed by atoms with Crippen LogP contribution < -0.4 is 10.1 Å². The lowest BCUT2D eigenvalue weighted by Gasteiger charge is -2.19. The van der Waals surface area contributed by atoms with Gasteiger partial charge in [-0.25, -0.2) is 9.59 Å². The summed E-state index contributed by atoms with van der Waals surface area (Å²) in [6.07, 6.45) is 1.36. The van der Waals surface area contributed by atoms with Gasteiger partial charge in [0.1, 0.15) is 29.4 Å². The molecule has 0 unspecified atom stereocenters. The monoisotopic (exact) mass is 666 g/mol. The van der Waals surface area contributed by atoms with Crippen LogP contribution in [0.3, 0.4) is 0 Å². The van der Waals surface area contributed by atoms with Crippen LogP contribution >= 0.6 is 34.8 Å². The third-order valence-electron chi connectivity index (χ3n) is 6.63. The molecule has 0 atom stereocenters. The normalized spacial score (nSPS) is 12.6. The first-order chi connectivity index (χ1) is 21.4. The lowest BCUT2D eigenvalue weighted by Crippen LogP contribution is -2.27. The third kappa shape index (κ3) is 8.12. The Hall–Kier alpha value is -4.16. The van der Waals surface area contributed by atoms with Crippen LogP contribution in [0.4, 0.5) is 10.5 Å². The van der Waals surface area contributed by atoms with Gasteiger partial charge >= 0.3 is 12.1 Å². The van der Waals surface area contributed by atoms with E-state index >= 15 is 0 Å². The van der Waals surface area contributed by atoms with Crippen LogP contribution in [0, 0.1) is 11.8 Å². The molecule has 0 radical (unpaired) electrons. The number of benzene rings is 3. The summed E-state index contributed by atoms with van der Waals surface area (Å²) in [5.74, 6) is 7.00. The molecular weight excluding hydrogens is 639 g/mol. The van der Waals surface area contributed by atoms with Crippen molar-refractivity contribution in [1.82, 2.24) is 5.16 Å². The standard InChI is InChI=1S/C34H29Cl3N2O6/c1-34(2,3)44-33(41)38-23-15-19(14-22(16-23)32(40)42-4)8-9-20-12-13-24(17-28(20)37)43-18-25-30(39-45-31(25)21-10-11-21)29-26(35)6-5-7-27(29)36/h5-7,12-17,21H,10-11,18H2,1-4H3,(H,38,41). The Bertz CT molecular complexity index is 1810. The lowest BCUT2D eigenvalue weighted by atomic mass is 10.0. The fourth-order valence-electron chi connectivity index (χ4n) is 4.46. The molecule has 0 spiro atoms. The quantitative estimate of drug-likeness (QED) is 0.155. The van der Waals surface area contributed by atoms with Crippen LogP contribution in [0.1, 0.15) is 72.3 Å². The molecule has 1 aromatic heterocycles. The van der Waals surface area contributed by atoms with E-state index in [0.29, 0.717) is 48.9 Å². The van der Waals surface area contributed by atoms with Crippen molar-refractivity contribution in [2.45, 2.75) is 51.7 Å². The van der Waals surface area contributed by atoms with Crippen molar-refractivity contribution in [3.63, 3.8) is 0 Å². The van der Waals surface area contributed by atoms with Crippen LogP contribution in [0.5, 0.6) is 5.75 Å². The maximum absolute atomic E-state index is 12.3. The smallest absolute Gasteiger partial charge is 0.412 e. The molecule has 0 bridgehead atoms. The topological polar surface area (TPSA) is 99.9 Å². The highest BCUT2D eigenvalue weighted by Crippen LogP contribution is 2.46. The van der Waals surface area contributed by atoms with Gasteiger partial charge in [-0.05, 0) is 76.1 Å². The number of nitrogens with one attached hydrogen (secondary N) is 1. The zero-order chi connectivity index (χ0) is 32.3. The molecule has 4 aromatic rings. The van der Waals surface area contributed by atoms with Crippen LogP contribution in [0.2, 0.25) is 15.1 Å². The molecule has 11 heteroatoms. The highest BCUT2D eigenvalue weighted by Gasteiger charge is 2.33. The van der Waals surface area contributed by atoms with Crippen molar-refractivity contribution >= 4 is 52.6 Å². The number of aromatic nitrogens is 1. The average molecular weight is 668 g/mol. The molecular formula is C34H29Cl3N2O6. The molecule has 1 heterocycles. The predicted molar refractivity (Wildman–Crippen MR) is 173 cm³/mol. The summed E-state index contributed by atoms with van der Waals surface area (Å²) < 4.78 is 22.0. The number of hydrogen-bond donors (Lipinski definition) is 1. The Morgan fingerprint density at radius 3 is 2.38 bits per heavy atom. The molecule has 0 saturated heterocycles. The molecule has 45 heavy (non-hydrogen) atoms. The fraction of sp³-hybridized carbons (Fsp3) is 0.265. The van der Waals surface area contributed by atoms with Crippen molar-refractivity contribution in [3.05, 3.63) is 97.7 Å². The van der Waals surface area contributed by atoms with Gasteiger partial charge in [0, 0.05) is 34.4 Å². The van der Waals surface area contributed by atoms with Gasteiger partial charge in [-0.1, -0.05) is 57.9 Å². The van der Waals surface area contributed by atoms with Gasteiger partial charge in [0.25, 0.3) is 0 Å². The van der Waals surface area contributed by atoms with E-state index in [1.807, 2.05) is 0 Å². The van der Waals surface area contributed by atoms with E-state index in [-0.39, 0.29) is 18.1 Å². The van der Waals surface area contributed by atoms with E-state index in [4.69, 9.17) is 53.5 Å². The Labute approximate surface area is 275 Å². The van der Waals surface area contributed by atoms with Crippen LogP contribution in [0.25, 0.3) is 11.3 Å². The second-order valence-corrected chi connectivity index (χ2v) is 12.6. The highest BCUT2D eigenvalue weighted by atomic mass is 35.5. The highest BCUT2D eigenvalue weighted by molar-refractivity contribution is 6.39. The first kappa shape index (κ1) is 32.2. The summed E-state index contributed by atoms with van der Waals surface area (Å²) in [5, 5.41) is 8.23. The van der Waals surface area contributed by atoms with Crippen molar-refractivity contribution in [1.29, 1.82) is 0 Å². The van der Waals surface area contributed by atoms with Crippen LogP contribution in [-0.2, 0) is 16.1 Å². The van der Waals surface area contributed by atoms with Crippen molar-refractivity contribution in [2.75, 3.05) is 12.4 Å². The molecule has 1 aliphatic rings. The van der Waals surface area contributed by atoms with Gasteiger partial charge in [0.2, 0.25) is 0 Å². The van der Waals surface area contributed by atoms with Gasteiger partial charge < -0.3 is 18.7 Å². The molecule has 0 aliphatic heterocycles. The summed E-state index contributed by atoms with van der Waals surface area (Å²) in [7, 11) is 1.27. The number of hydrogen-bond acceptors (Lipinski definition) is 7. The molecule has 1 saturated carbocycles. The van der Waals surface area contributed by atoms with Gasteiger partial charge in [-0.2, -0.15) is 0 Å². The van der Waals surface area contributed by atoms with E-state index in [0.717, 1.165) is 24.2 Å². The number of carbonyl (C=O) groups excluding carboxylic acids is 2. The largest absolute Gasteiger partial charge is 0.489 e. The number of rotatable bonds is 7. The van der Waals surface area contributed by atoms with E-state index in [2.05, 4.69) is 22.3 Å². The molecule has 1 aliphatic carbocycles. The Morgan fingerprint density at radius 2 is 1.73 bits per heavy atom. The number of esters is 1. The van der Waals surface area contributed by atoms with Crippen molar-refractivity contribution in [3.8, 4) is 28.8 Å². The van der Waals surface area contributed by atoms with Crippen LogP contribution in [-0.4, -0.2) is 29.9 Å². The van der Waals surface area contributed by atoms with Crippen molar-refractivity contribution < 1.29 is 28.3 Å². The molecule has 8 nitrogen and oxygen atoms in total. The fourth-order valence-corrected chi connectivity index (χ4v) is 5.25. The van der Waals surface area contributed by atoms with Crippen LogP contribution in [0.15, 0.2) is 59.1 Å². The Balaban J connectivity index is 1.36. The number of halogens is 3. The molecule has 232 valence electrons. The second kappa shape index (κ2) is 13.5. The summed E-state index contributed by atoms with van der Waals surface area (Å²) in [6, 6.07) is 15.1. The van der Waals surface area contributed by atoms with E-state index < -0.39 is 17.7 Å². The minimum Gasteiger partial charge on any atom is -0.489 e. The minimum absolute atomic E-state index is 0.168. The molecule has 1 fully saturated rings. The maximum Gasteiger partial charge on any atom is 0.412 e. The molecule has 3 aromatic carbocycles. The van der Waals surface area contributed by atoms with E-state index in [9.17, 15) is 9.59 Å². The van der Waals surface area contributed by atoms with E-state index in [1.165, 1.54) is 13.2 Å². The SMILES string of the molecule is COC(=O)c1cc(C#Cc2ccc(OCc3c(-c4c(Cl)cccc4Cl)noc3C3CC3)cc2Cl)cc(NC(=O)OC(C)(C)C)c1. The molecule has 1 N–H and O–H groups in total. The number of anilines is 1. The molecule has 5 rings (SSSR count). The average Bonchev–Trinajstić information content (AvgIpc) is 3.73. The second-order valence-electron chi connectivity index (χ2n) is 11.3.